The fraction of sp³-hybridized carbons (Fsp3) is 0.588. The van der Waals surface area contributed by atoms with Gasteiger partial charge < -0.3 is 9.47 Å². The topological polar surface area (TPSA) is 42.2 Å². The van der Waals surface area contributed by atoms with Gasteiger partial charge >= 0.3 is 0 Å². The zero-order valence-electron chi connectivity index (χ0n) is 12.6. The number of fused-ring (bicyclic) bond motifs is 1. The van der Waals surface area contributed by atoms with E-state index in [0.29, 0.717) is 6.42 Å². The molecule has 108 valence electrons. The zero-order chi connectivity index (χ0) is 14.6. The first-order chi connectivity index (χ1) is 9.65. The van der Waals surface area contributed by atoms with Crippen molar-refractivity contribution in [3.63, 3.8) is 0 Å². The smallest absolute Gasteiger partial charge is 0.251 e. The SMILES string of the molecule is CC.CC1(CC#N)CCC2(CC1)Oc1ccccc1O2. The first-order valence-electron chi connectivity index (χ1n) is 7.49. The lowest BCUT2D eigenvalue weighted by Crippen LogP contribution is -2.44. The number of ether oxygens (including phenoxy) is 2. The van der Waals surface area contributed by atoms with Crippen molar-refractivity contribution >= 4 is 0 Å². The molecule has 1 heterocycles. The molecule has 1 aliphatic heterocycles. The van der Waals surface area contributed by atoms with E-state index < -0.39 is 5.79 Å². The number of para-hydroxylation sites is 2. The summed E-state index contributed by atoms with van der Waals surface area (Å²) in [5, 5.41) is 8.87. The van der Waals surface area contributed by atoms with Gasteiger partial charge in [0.25, 0.3) is 5.79 Å². The standard InChI is InChI=1S/C15H17NO2.C2H6/c1-14(10-11-16)6-8-15(9-7-14)17-12-4-2-3-5-13(12)18-15;1-2/h2-5H,6-10H2,1H3;1-2H3. The minimum atomic E-state index is -0.474. The lowest BCUT2D eigenvalue weighted by Gasteiger charge is -2.40. The molecule has 3 nitrogen and oxygen atoms in total. The van der Waals surface area contributed by atoms with Crippen molar-refractivity contribution in [3.8, 4) is 17.6 Å². The van der Waals surface area contributed by atoms with Gasteiger partial charge in [-0.2, -0.15) is 5.26 Å². The molecule has 2 aliphatic rings. The van der Waals surface area contributed by atoms with E-state index in [1.54, 1.807) is 0 Å². The summed E-state index contributed by atoms with van der Waals surface area (Å²) in [6, 6.07) is 10.1. The Labute approximate surface area is 121 Å². The van der Waals surface area contributed by atoms with Gasteiger partial charge in [-0.15, -0.1) is 0 Å². The molecule has 1 fully saturated rings. The van der Waals surface area contributed by atoms with Crippen LogP contribution in [0.3, 0.4) is 0 Å². The van der Waals surface area contributed by atoms with E-state index in [0.717, 1.165) is 37.2 Å². The predicted molar refractivity (Wildman–Crippen MR) is 78.6 cm³/mol. The van der Waals surface area contributed by atoms with Crippen molar-refractivity contribution in [2.24, 2.45) is 5.41 Å². The van der Waals surface area contributed by atoms with E-state index in [2.05, 4.69) is 13.0 Å². The van der Waals surface area contributed by atoms with Crippen LogP contribution in [0.5, 0.6) is 11.5 Å². The average Bonchev–Trinajstić information content (AvgIpc) is 2.84. The number of rotatable bonds is 1. The highest BCUT2D eigenvalue weighted by Crippen LogP contribution is 2.50. The van der Waals surface area contributed by atoms with E-state index in [1.807, 2.05) is 38.1 Å². The highest BCUT2D eigenvalue weighted by Gasteiger charge is 2.47. The van der Waals surface area contributed by atoms with E-state index in [-0.39, 0.29) is 5.41 Å². The second kappa shape index (κ2) is 5.75. The first-order valence-corrected chi connectivity index (χ1v) is 7.49. The van der Waals surface area contributed by atoms with Gasteiger partial charge in [0.15, 0.2) is 11.5 Å². The number of nitrogens with zero attached hydrogens (tertiary/aromatic N) is 1. The van der Waals surface area contributed by atoms with Crippen LogP contribution >= 0.6 is 0 Å². The number of hydrogen-bond donors (Lipinski definition) is 0. The first kappa shape index (κ1) is 14.7. The van der Waals surface area contributed by atoms with Crippen molar-refractivity contribution < 1.29 is 9.47 Å². The van der Waals surface area contributed by atoms with Gasteiger partial charge in [-0.1, -0.05) is 32.9 Å². The highest BCUT2D eigenvalue weighted by molar-refractivity contribution is 5.43. The largest absolute Gasteiger partial charge is 0.448 e. The summed E-state index contributed by atoms with van der Waals surface area (Å²) in [4.78, 5) is 0. The van der Waals surface area contributed by atoms with Gasteiger partial charge in [0.1, 0.15) is 0 Å². The molecule has 0 radical (unpaired) electrons. The van der Waals surface area contributed by atoms with Crippen molar-refractivity contribution in [1.29, 1.82) is 5.26 Å². The number of hydrogen-bond acceptors (Lipinski definition) is 3. The lowest BCUT2D eigenvalue weighted by molar-refractivity contribution is -0.124. The van der Waals surface area contributed by atoms with E-state index in [1.165, 1.54) is 0 Å². The summed E-state index contributed by atoms with van der Waals surface area (Å²) in [6.07, 6.45) is 4.30. The van der Waals surface area contributed by atoms with Crippen LogP contribution in [0, 0.1) is 16.7 Å². The Morgan fingerprint density at radius 3 is 2.00 bits per heavy atom. The fourth-order valence-corrected chi connectivity index (χ4v) is 2.85. The molecule has 20 heavy (non-hydrogen) atoms. The molecule has 0 amide bonds. The van der Waals surface area contributed by atoms with Gasteiger partial charge in [0.05, 0.1) is 6.07 Å². The van der Waals surface area contributed by atoms with Crippen molar-refractivity contribution in [2.45, 2.75) is 58.7 Å². The van der Waals surface area contributed by atoms with Crippen LogP contribution in [0.4, 0.5) is 0 Å². The highest BCUT2D eigenvalue weighted by atomic mass is 16.7. The molecule has 0 N–H and O–H groups in total. The van der Waals surface area contributed by atoms with Crippen molar-refractivity contribution in [3.05, 3.63) is 24.3 Å². The predicted octanol–water partition coefficient (Wildman–Crippen LogP) is 4.67. The number of nitriles is 1. The maximum absolute atomic E-state index is 8.87. The molecule has 0 unspecified atom stereocenters. The molecule has 0 bridgehead atoms. The molecule has 0 saturated heterocycles. The van der Waals surface area contributed by atoms with Crippen molar-refractivity contribution in [2.75, 3.05) is 0 Å². The molecule has 3 heteroatoms. The molecule has 1 aromatic carbocycles. The molecule has 1 aliphatic carbocycles. The minimum Gasteiger partial charge on any atom is -0.448 e. The molecular formula is C17H23NO2. The molecule has 0 atom stereocenters. The molecule has 1 aromatic rings. The molecule has 0 aromatic heterocycles. The van der Waals surface area contributed by atoms with Crippen molar-refractivity contribution in [1.82, 2.24) is 0 Å². The van der Waals surface area contributed by atoms with E-state index in [9.17, 15) is 0 Å². The summed E-state index contributed by atoms with van der Waals surface area (Å²) in [7, 11) is 0. The summed E-state index contributed by atoms with van der Waals surface area (Å²) in [5.74, 6) is 1.22. The third-order valence-corrected chi connectivity index (χ3v) is 4.17. The second-order valence-electron chi connectivity index (χ2n) is 5.71. The summed E-state index contributed by atoms with van der Waals surface area (Å²) < 4.78 is 12.0. The van der Waals surface area contributed by atoms with Crippen LogP contribution in [0.25, 0.3) is 0 Å². The Morgan fingerprint density at radius 1 is 1.05 bits per heavy atom. The Morgan fingerprint density at radius 2 is 1.55 bits per heavy atom. The van der Waals surface area contributed by atoms with Crippen LogP contribution in [0.15, 0.2) is 24.3 Å². The van der Waals surface area contributed by atoms with Crippen LogP contribution < -0.4 is 9.47 Å². The lowest BCUT2D eigenvalue weighted by atomic mass is 9.71. The third kappa shape index (κ3) is 2.75. The molecule has 1 saturated carbocycles. The second-order valence-corrected chi connectivity index (χ2v) is 5.71. The van der Waals surface area contributed by atoms with Crippen LogP contribution in [0.1, 0.15) is 52.9 Å². The van der Waals surface area contributed by atoms with Gasteiger partial charge in [-0.05, 0) is 30.4 Å². The van der Waals surface area contributed by atoms with Gasteiger partial charge in [-0.3, -0.25) is 0 Å². The van der Waals surface area contributed by atoms with Crippen LogP contribution in [-0.4, -0.2) is 5.79 Å². The number of benzene rings is 1. The zero-order valence-corrected chi connectivity index (χ0v) is 12.6. The Hall–Kier alpha value is -1.69. The van der Waals surface area contributed by atoms with Gasteiger partial charge in [-0.25, -0.2) is 0 Å². The Balaban J connectivity index is 0.000000704. The molecule has 1 spiro atoms. The van der Waals surface area contributed by atoms with Crippen LogP contribution in [-0.2, 0) is 0 Å². The minimum absolute atomic E-state index is 0.126. The quantitative estimate of drug-likeness (QED) is 0.746. The average molecular weight is 273 g/mol. The summed E-state index contributed by atoms with van der Waals surface area (Å²) in [5.41, 5.74) is 0.126. The maximum atomic E-state index is 8.87. The van der Waals surface area contributed by atoms with E-state index >= 15 is 0 Å². The normalized spacial score (nSPS) is 20.7. The summed E-state index contributed by atoms with van der Waals surface area (Å²) in [6.45, 7) is 6.19. The Kier molecular flexibility index (Phi) is 4.23. The molecule has 3 rings (SSSR count). The summed E-state index contributed by atoms with van der Waals surface area (Å²) >= 11 is 0. The molecular weight excluding hydrogens is 250 g/mol. The Bertz CT molecular complexity index is 469. The monoisotopic (exact) mass is 273 g/mol. The maximum Gasteiger partial charge on any atom is 0.251 e. The van der Waals surface area contributed by atoms with Crippen LogP contribution in [0.2, 0.25) is 0 Å². The van der Waals surface area contributed by atoms with E-state index in [4.69, 9.17) is 14.7 Å². The van der Waals surface area contributed by atoms with Gasteiger partial charge in [0, 0.05) is 19.3 Å². The third-order valence-electron chi connectivity index (χ3n) is 4.17. The van der Waals surface area contributed by atoms with Gasteiger partial charge in [0.2, 0.25) is 0 Å². The fourth-order valence-electron chi connectivity index (χ4n) is 2.85.